The fraction of sp³-hybridized carbons (Fsp3) is 1.00. The second-order valence-electron chi connectivity index (χ2n) is 3.72. The third-order valence-corrected chi connectivity index (χ3v) is 2.36. The number of rotatable bonds is 1. The van der Waals surface area contributed by atoms with Crippen molar-refractivity contribution in [2.24, 2.45) is 5.92 Å². The summed E-state index contributed by atoms with van der Waals surface area (Å²) in [4.78, 5) is 0. The van der Waals surface area contributed by atoms with Crippen molar-refractivity contribution in [3.8, 4) is 0 Å². The highest BCUT2D eigenvalue weighted by atomic mass is 15.0. The molecule has 0 amide bonds. The van der Waals surface area contributed by atoms with Crippen molar-refractivity contribution in [1.29, 1.82) is 0 Å². The van der Waals surface area contributed by atoms with Crippen LogP contribution >= 0.6 is 0 Å². The van der Waals surface area contributed by atoms with Crippen LogP contribution in [0.4, 0.5) is 0 Å². The van der Waals surface area contributed by atoms with Gasteiger partial charge in [-0.3, -0.25) is 0 Å². The summed E-state index contributed by atoms with van der Waals surface area (Å²) in [5.74, 6) is 0.751. The summed E-state index contributed by atoms with van der Waals surface area (Å²) in [5, 5.41) is 7.01. The quantitative estimate of drug-likeness (QED) is 0.591. The normalized spacial score (nSPS) is 28.1. The van der Waals surface area contributed by atoms with E-state index in [0.717, 1.165) is 12.5 Å². The van der Waals surface area contributed by atoms with Crippen LogP contribution in [0.2, 0.25) is 0 Å². The highest BCUT2D eigenvalue weighted by Gasteiger charge is 2.12. The Bertz CT molecular complexity index is 93.7. The summed E-state index contributed by atoms with van der Waals surface area (Å²) >= 11 is 0. The van der Waals surface area contributed by atoms with Crippen LogP contribution in [0.1, 0.15) is 26.7 Å². The van der Waals surface area contributed by atoms with Gasteiger partial charge in [0, 0.05) is 12.6 Å². The lowest BCUT2D eigenvalue weighted by Gasteiger charge is -2.25. The minimum Gasteiger partial charge on any atom is -0.315 e. The van der Waals surface area contributed by atoms with Gasteiger partial charge in [-0.15, -0.1) is 0 Å². The standard InChI is InChI=1S/C9H20N2/c1-8(2)9-7-10-5-3-4-6-11-9/h8-11H,3-7H2,1-2H3. The lowest BCUT2D eigenvalue weighted by atomic mass is 10.0. The van der Waals surface area contributed by atoms with E-state index < -0.39 is 0 Å². The molecule has 66 valence electrons. The Balaban J connectivity index is 2.26. The van der Waals surface area contributed by atoms with Gasteiger partial charge in [0.15, 0.2) is 0 Å². The van der Waals surface area contributed by atoms with Gasteiger partial charge in [-0.25, -0.2) is 0 Å². The molecular formula is C9H20N2. The molecule has 0 aromatic rings. The monoisotopic (exact) mass is 156 g/mol. The summed E-state index contributed by atoms with van der Waals surface area (Å²) in [6.45, 7) is 8.09. The highest BCUT2D eigenvalue weighted by molar-refractivity contribution is 4.74. The average Bonchev–Trinajstić information content (AvgIpc) is 1.84. The minimum atomic E-state index is 0.676. The average molecular weight is 156 g/mol. The SMILES string of the molecule is CC(C)C1CNCCCCN1. The van der Waals surface area contributed by atoms with Crippen LogP contribution in [0.15, 0.2) is 0 Å². The highest BCUT2D eigenvalue weighted by Crippen LogP contribution is 2.02. The van der Waals surface area contributed by atoms with E-state index in [-0.39, 0.29) is 0 Å². The lowest BCUT2D eigenvalue weighted by Crippen LogP contribution is -2.44. The molecule has 0 radical (unpaired) electrons. The van der Waals surface area contributed by atoms with E-state index in [0.29, 0.717) is 6.04 Å². The molecule has 0 saturated carbocycles. The van der Waals surface area contributed by atoms with Crippen molar-refractivity contribution in [3.05, 3.63) is 0 Å². The number of hydrogen-bond donors (Lipinski definition) is 2. The molecule has 0 aromatic carbocycles. The Kier molecular flexibility index (Phi) is 3.87. The Labute approximate surface area is 69.8 Å². The zero-order valence-corrected chi connectivity index (χ0v) is 7.69. The molecule has 2 nitrogen and oxygen atoms in total. The first-order chi connectivity index (χ1) is 5.30. The first-order valence-electron chi connectivity index (χ1n) is 4.75. The molecular weight excluding hydrogens is 136 g/mol. The zero-order valence-electron chi connectivity index (χ0n) is 7.69. The number of hydrogen-bond acceptors (Lipinski definition) is 2. The van der Waals surface area contributed by atoms with E-state index in [4.69, 9.17) is 0 Å². The molecule has 0 spiro atoms. The van der Waals surface area contributed by atoms with E-state index >= 15 is 0 Å². The third-order valence-electron chi connectivity index (χ3n) is 2.36. The van der Waals surface area contributed by atoms with Gasteiger partial charge in [0.1, 0.15) is 0 Å². The maximum Gasteiger partial charge on any atom is 0.0215 e. The van der Waals surface area contributed by atoms with Crippen molar-refractivity contribution < 1.29 is 0 Å². The first-order valence-corrected chi connectivity index (χ1v) is 4.75. The smallest absolute Gasteiger partial charge is 0.0215 e. The second-order valence-corrected chi connectivity index (χ2v) is 3.72. The van der Waals surface area contributed by atoms with Crippen LogP contribution in [0.25, 0.3) is 0 Å². The molecule has 1 fully saturated rings. The van der Waals surface area contributed by atoms with Gasteiger partial charge in [0.2, 0.25) is 0 Å². The molecule has 0 aromatic heterocycles. The van der Waals surface area contributed by atoms with Crippen molar-refractivity contribution in [2.45, 2.75) is 32.7 Å². The van der Waals surface area contributed by atoms with Crippen LogP contribution in [-0.4, -0.2) is 25.7 Å². The molecule has 2 heteroatoms. The van der Waals surface area contributed by atoms with Crippen LogP contribution in [-0.2, 0) is 0 Å². The summed E-state index contributed by atoms with van der Waals surface area (Å²) in [7, 11) is 0. The summed E-state index contributed by atoms with van der Waals surface area (Å²) in [6, 6.07) is 0.676. The molecule has 1 aliphatic heterocycles. The Morgan fingerprint density at radius 1 is 1.18 bits per heavy atom. The topological polar surface area (TPSA) is 24.1 Å². The van der Waals surface area contributed by atoms with Crippen LogP contribution in [0.3, 0.4) is 0 Å². The van der Waals surface area contributed by atoms with Gasteiger partial charge >= 0.3 is 0 Å². The van der Waals surface area contributed by atoms with E-state index in [1.54, 1.807) is 0 Å². The van der Waals surface area contributed by atoms with E-state index in [1.165, 1.54) is 25.9 Å². The van der Waals surface area contributed by atoms with Gasteiger partial charge in [0.05, 0.1) is 0 Å². The lowest BCUT2D eigenvalue weighted by molar-refractivity contribution is 0.356. The predicted molar refractivity (Wildman–Crippen MR) is 48.7 cm³/mol. The second kappa shape index (κ2) is 4.73. The summed E-state index contributed by atoms with van der Waals surface area (Å²) in [6.07, 6.45) is 2.63. The molecule has 1 rings (SSSR count). The van der Waals surface area contributed by atoms with Gasteiger partial charge in [-0.2, -0.15) is 0 Å². The fourth-order valence-corrected chi connectivity index (χ4v) is 1.46. The fourth-order valence-electron chi connectivity index (χ4n) is 1.46. The van der Waals surface area contributed by atoms with E-state index in [2.05, 4.69) is 24.5 Å². The third kappa shape index (κ3) is 3.21. The van der Waals surface area contributed by atoms with Crippen LogP contribution in [0.5, 0.6) is 0 Å². The molecule has 1 unspecified atom stereocenters. The van der Waals surface area contributed by atoms with Crippen LogP contribution < -0.4 is 10.6 Å². The van der Waals surface area contributed by atoms with Crippen LogP contribution in [0, 0.1) is 5.92 Å². The zero-order chi connectivity index (χ0) is 8.10. The first kappa shape index (κ1) is 9.01. The molecule has 2 N–H and O–H groups in total. The predicted octanol–water partition coefficient (Wildman–Crippen LogP) is 0.984. The molecule has 1 saturated heterocycles. The molecule has 0 bridgehead atoms. The molecule has 1 heterocycles. The molecule has 0 aliphatic carbocycles. The molecule has 11 heavy (non-hydrogen) atoms. The van der Waals surface area contributed by atoms with Crippen molar-refractivity contribution >= 4 is 0 Å². The van der Waals surface area contributed by atoms with Gasteiger partial charge in [-0.05, 0) is 31.8 Å². The summed E-state index contributed by atoms with van der Waals surface area (Å²) < 4.78 is 0. The van der Waals surface area contributed by atoms with Crippen molar-refractivity contribution in [2.75, 3.05) is 19.6 Å². The maximum absolute atomic E-state index is 3.56. The minimum absolute atomic E-state index is 0.676. The van der Waals surface area contributed by atoms with Crippen molar-refractivity contribution in [3.63, 3.8) is 0 Å². The van der Waals surface area contributed by atoms with Crippen molar-refractivity contribution in [1.82, 2.24) is 10.6 Å². The van der Waals surface area contributed by atoms with Gasteiger partial charge in [-0.1, -0.05) is 13.8 Å². The summed E-state index contributed by atoms with van der Waals surface area (Å²) in [5.41, 5.74) is 0. The van der Waals surface area contributed by atoms with Gasteiger partial charge in [0.25, 0.3) is 0 Å². The Morgan fingerprint density at radius 2 is 1.91 bits per heavy atom. The largest absolute Gasteiger partial charge is 0.315 e. The number of nitrogens with one attached hydrogen (secondary N) is 2. The van der Waals surface area contributed by atoms with Gasteiger partial charge < -0.3 is 10.6 Å². The molecule has 1 atom stereocenters. The Hall–Kier alpha value is -0.0800. The van der Waals surface area contributed by atoms with E-state index in [9.17, 15) is 0 Å². The van der Waals surface area contributed by atoms with E-state index in [1.807, 2.05) is 0 Å². The molecule has 1 aliphatic rings. The maximum atomic E-state index is 3.56. The Morgan fingerprint density at radius 3 is 2.64 bits per heavy atom.